The van der Waals surface area contributed by atoms with E-state index in [1.807, 2.05) is 4.57 Å². The van der Waals surface area contributed by atoms with E-state index < -0.39 is 0 Å². The Balaban J connectivity index is 2.55. The van der Waals surface area contributed by atoms with Crippen molar-refractivity contribution in [2.75, 3.05) is 12.4 Å². The third-order valence-electron chi connectivity index (χ3n) is 3.63. The summed E-state index contributed by atoms with van der Waals surface area (Å²) in [4.78, 5) is 12.1. The number of carbonyl (C=O) groups is 1. The number of aromatic nitrogens is 1. The van der Waals surface area contributed by atoms with Crippen molar-refractivity contribution in [2.45, 2.75) is 31.7 Å². The molecular weight excluding hydrogens is 276 g/mol. The molecule has 0 aromatic carbocycles. The van der Waals surface area contributed by atoms with Crippen molar-refractivity contribution in [3.63, 3.8) is 0 Å². The van der Waals surface area contributed by atoms with E-state index in [0.717, 1.165) is 25.7 Å². The van der Waals surface area contributed by atoms with E-state index in [9.17, 15) is 4.79 Å². The van der Waals surface area contributed by atoms with Crippen LogP contribution in [0.3, 0.4) is 0 Å². The summed E-state index contributed by atoms with van der Waals surface area (Å²) in [6, 6.07) is 1.97. The monoisotopic (exact) mass is 294 g/mol. The lowest BCUT2D eigenvalue weighted by Gasteiger charge is -2.20. The van der Waals surface area contributed by atoms with Gasteiger partial charge in [0.05, 0.1) is 5.16 Å². The average molecular weight is 295 g/mol. The molecule has 1 aromatic heterocycles. The molecule has 1 amide bonds. The molecule has 1 aliphatic carbocycles. The second-order valence-electron chi connectivity index (χ2n) is 4.90. The normalized spacial score (nSPS) is 15.1. The molecule has 3 N–H and O–H groups in total. The number of carbonyl (C=O) groups excluding carboxylic acids is 1. The number of anilines is 1. The van der Waals surface area contributed by atoms with Gasteiger partial charge >= 0.3 is 0 Å². The minimum atomic E-state index is -0.159. The summed E-state index contributed by atoms with van der Waals surface area (Å²) in [5, 5.41) is 13.4. The minimum absolute atomic E-state index is 0.159. The fourth-order valence-electron chi connectivity index (χ4n) is 2.76. The van der Waals surface area contributed by atoms with Gasteiger partial charge in [0.15, 0.2) is 0 Å². The van der Waals surface area contributed by atoms with Gasteiger partial charge in [-0.1, -0.05) is 31.0 Å². The smallest absolute Gasteiger partial charge is 0.267 e. The molecule has 6 heteroatoms. The average Bonchev–Trinajstić information content (AvgIpc) is 3.04. The lowest BCUT2D eigenvalue weighted by atomic mass is 10.2. The Kier molecular flexibility index (Phi) is 4.49. The van der Waals surface area contributed by atoms with Crippen LogP contribution in [0.15, 0.2) is 17.8 Å². The topological polar surface area (TPSA) is 69.9 Å². The Morgan fingerprint density at radius 3 is 2.70 bits per heavy atom. The van der Waals surface area contributed by atoms with Crippen LogP contribution < -0.4 is 10.6 Å². The Hall–Kier alpha value is -1.75. The first kappa shape index (κ1) is 14.7. The lowest BCUT2D eigenvalue weighted by molar-refractivity contribution is 0.0952. The predicted molar refractivity (Wildman–Crippen MR) is 81.8 cm³/mol. The Bertz CT molecular complexity index is 544. The number of hydrogen-bond donors (Lipinski definition) is 3. The molecule has 0 saturated heterocycles. The van der Waals surface area contributed by atoms with Gasteiger partial charge in [0.25, 0.3) is 5.91 Å². The highest BCUT2D eigenvalue weighted by molar-refractivity contribution is 6.30. The quantitative estimate of drug-likeness (QED) is 0.577. The summed E-state index contributed by atoms with van der Waals surface area (Å²) in [7, 11) is 1.60. The summed E-state index contributed by atoms with van der Waals surface area (Å²) >= 11 is 5.85. The first-order valence-corrected chi connectivity index (χ1v) is 7.05. The molecular formula is C14H19ClN4O. The zero-order valence-corrected chi connectivity index (χ0v) is 12.3. The third kappa shape index (κ3) is 2.72. The predicted octanol–water partition coefficient (Wildman–Crippen LogP) is 3.08. The SMILES string of the molecule is C=C(Cl)Nc1c(C=N)cc(C(=O)NC)n1C1CCCC1. The molecule has 0 aliphatic heterocycles. The highest BCUT2D eigenvalue weighted by Gasteiger charge is 2.26. The van der Waals surface area contributed by atoms with Gasteiger partial charge in [-0.2, -0.15) is 0 Å². The molecule has 0 unspecified atom stereocenters. The van der Waals surface area contributed by atoms with Gasteiger partial charge in [0.1, 0.15) is 11.5 Å². The van der Waals surface area contributed by atoms with Gasteiger partial charge in [-0.05, 0) is 18.9 Å². The Morgan fingerprint density at radius 2 is 2.20 bits per heavy atom. The number of rotatable bonds is 5. The van der Waals surface area contributed by atoms with Crippen molar-refractivity contribution >= 4 is 29.5 Å². The van der Waals surface area contributed by atoms with E-state index in [-0.39, 0.29) is 17.1 Å². The van der Waals surface area contributed by atoms with Crippen LogP contribution in [0.25, 0.3) is 0 Å². The highest BCUT2D eigenvalue weighted by atomic mass is 35.5. The molecule has 0 bridgehead atoms. The van der Waals surface area contributed by atoms with E-state index >= 15 is 0 Å². The summed E-state index contributed by atoms with van der Waals surface area (Å²) in [5.41, 5.74) is 1.19. The van der Waals surface area contributed by atoms with Crippen molar-refractivity contribution in [2.24, 2.45) is 0 Å². The first-order valence-electron chi connectivity index (χ1n) is 6.67. The van der Waals surface area contributed by atoms with E-state index in [0.29, 0.717) is 17.1 Å². The molecule has 108 valence electrons. The fraction of sp³-hybridized carbons (Fsp3) is 0.429. The van der Waals surface area contributed by atoms with E-state index in [1.54, 1.807) is 13.1 Å². The molecule has 0 atom stereocenters. The maximum atomic E-state index is 12.1. The maximum absolute atomic E-state index is 12.1. The molecule has 1 aromatic rings. The maximum Gasteiger partial charge on any atom is 0.267 e. The first-order chi connectivity index (χ1) is 9.58. The van der Waals surface area contributed by atoms with E-state index in [4.69, 9.17) is 17.0 Å². The van der Waals surface area contributed by atoms with E-state index in [1.165, 1.54) is 6.21 Å². The molecule has 0 radical (unpaired) electrons. The van der Waals surface area contributed by atoms with Crippen LogP contribution in [0, 0.1) is 5.41 Å². The van der Waals surface area contributed by atoms with Crippen LogP contribution in [-0.4, -0.2) is 23.7 Å². The van der Waals surface area contributed by atoms with Gasteiger partial charge in [-0.3, -0.25) is 4.79 Å². The van der Waals surface area contributed by atoms with Gasteiger partial charge in [0, 0.05) is 24.9 Å². The van der Waals surface area contributed by atoms with Crippen LogP contribution in [0.5, 0.6) is 0 Å². The van der Waals surface area contributed by atoms with Gasteiger partial charge < -0.3 is 20.6 Å². The van der Waals surface area contributed by atoms with E-state index in [2.05, 4.69) is 17.2 Å². The van der Waals surface area contributed by atoms with Crippen molar-refractivity contribution < 1.29 is 4.79 Å². The van der Waals surface area contributed by atoms with Crippen molar-refractivity contribution in [1.82, 2.24) is 9.88 Å². The zero-order chi connectivity index (χ0) is 14.7. The molecule has 2 rings (SSSR count). The summed E-state index contributed by atoms with van der Waals surface area (Å²) < 4.78 is 1.96. The van der Waals surface area contributed by atoms with Crippen molar-refractivity contribution in [3.8, 4) is 0 Å². The molecule has 1 aliphatic rings. The van der Waals surface area contributed by atoms with Crippen LogP contribution in [0.1, 0.15) is 47.8 Å². The van der Waals surface area contributed by atoms with Crippen LogP contribution in [-0.2, 0) is 0 Å². The minimum Gasteiger partial charge on any atom is -0.354 e. The summed E-state index contributed by atoms with van der Waals surface area (Å²) in [5.74, 6) is 0.513. The summed E-state index contributed by atoms with van der Waals surface area (Å²) in [6.45, 7) is 3.63. The van der Waals surface area contributed by atoms with Crippen molar-refractivity contribution in [1.29, 1.82) is 5.41 Å². The Labute approximate surface area is 123 Å². The summed E-state index contributed by atoms with van der Waals surface area (Å²) in [6.07, 6.45) is 5.58. The number of halogens is 1. The lowest BCUT2D eigenvalue weighted by Crippen LogP contribution is -2.23. The molecule has 5 nitrogen and oxygen atoms in total. The largest absolute Gasteiger partial charge is 0.354 e. The Morgan fingerprint density at radius 1 is 1.55 bits per heavy atom. The van der Waals surface area contributed by atoms with Gasteiger partial charge in [0.2, 0.25) is 0 Å². The number of nitrogens with zero attached hydrogens (tertiary/aromatic N) is 1. The van der Waals surface area contributed by atoms with Gasteiger partial charge in [-0.25, -0.2) is 0 Å². The van der Waals surface area contributed by atoms with Crippen LogP contribution >= 0.6 is 11.6 Å². The number of hydrogen-bond acceptors (Lipinski definition) is 3. The highest BCUT2D eigenvalue weighted by Crippen LogP contribution is 2.36. The van der Waals surface area contributed by atoms with Crippen molar-refractivity contribution in [3.05, 3.63) is 29.1 Å². The van der Waals surface area contributed by atoms with Crippen LogP contribution in [0.4, 0.5) is 5.82 Å². The standard InChI is InChI=1S/C14H19ClN4O/c1-9(15)18-13-10(8-16)7-12(14(20)17-2)19(13)11-5-3-4-6-11/h7-8,11,16,18H,1,3-6H2,2H3,(H,17,20). The van der Waals surface area contributed by atoms with Gasteiger partial charge in [-0.15, -0.1) is 0 Å². The third-order valence-corrected chi connectivity index (χ3v) is 3.72. The number of amides is 1. The molecule has 1 heterocycles. The second-order valence-corrected chi connectivity index (χ2v) is 5.35. The molecule has 1 saturated carbocycles. The molecule has 20 heavy (non-hydrogen) atoms. The molecule has 1 fully saturated rings. The number of nitrogens with one attached hydrogen (secondary N) is 3. The second kappa shape index (κ2) is 6.13. The van der Waals surface area contributed by atoms with Crippen LogP contribution in [0.2, 0.25) is 0 Å². The zero-order valence-electron chi connectivity index (χ0n) is 11.5. The molecule has 0 spiro atoms. The fourth-order valence-corrected chi connectivity index (χ4v) is 2.85.